The first-order valence-corrected chi connectivity index (χ1v) is 9.01. The van der Waals surface area contributed by atoms with Crippen LogP contribution in [0.25, 0.3) is 0 Å². The van der Waals surface area contributed by atoms with Crippen LogP contribution in [-0.2, 0) is 4.79 Å². The molecule has 0 aromatic heterocycles. The van der Waals surface area contributed by atoms with Crippen molar-refractivity contribution in [2.75, 3.05) is 5.32 Å². The fourth-order valence-electron chi connectivity index (χ4n) is 5.66. The Morgan fingerprint density at radius 3 is 2.19 bits per heavy atom. The molecule has 4 aliphatic carbocycles. The molecule has 0 heterocycles. The summed E-state index contributed by atoms with van der Waals surface area (Å²) in [5, 5.41) is 13.9. The number of amides is 2. The molecule has 4 fully saturated rings. The van der Waals surface area contributed by atoms with Crippen molar-refractivity contribution in [3.8, 4) is 0 Å². The van der Waals surface area contributed by atoms with Gasteiger partial charge in [-0.25, -0.2) is 5.84 Å². The van der Waals surface area contributed by atoms with E-state index < -0.39 is 10.8 Å². The molecule has 0 atom stereocenters. The minimum Gasteiger partial charge on any atom is -0.325 e. The first kappa shape index (κ1) is 17.0. The van der Waals surface area contributed by atoms with E-state index in [4.69, 9.17) is 5.84 Å². The van der Waals surface area contributed by atoms with E-state index in [1.165, 1.54) is 31.4 Å². The highest BCUT2D eigenvalue weighted by molar-refractivity contribution is 6.05. The summed E-state index contributed by atoms with van der Waals surface area (Å²) in [5.41, 5.74) is 1.65. The standard InChI is InChI=1S/C18H22N4O4/c19-21-16(23)14-6-13(22(25)26)1-2-15(14)20-17(24)18-7-10-3-11(8-18)5-12(4-10)9-18/h1-2,6,10-12H,3-5,7-9,19H2,(H,20,24)(H,21,23). The second-order valence-corrected chi connectivity index (χ2v) is 8.11. The number of anilines is 1. The number of hydrazine groups is 1. The lowest BCUT2D eigenvalue weighted by Crippen LogP contribution is -2.51. The van der Waals surface area contributed by atoms with Gasteiger partial charge in [0.25, 0.3) is 11.6 Å². The van der Waals surface area contributed by atoms with Crippen LogP contribution in [0.2, 0.25) is 0 Å². The van der Waals surface area contributed by atoms with Crippen molar-refractivity contribution in [2.45, 2.75) is 38.5 Å². The molecule has 1 aromatic carbocycles. The Labute approximate surface area is 150 Å². The van der Waals surface area contributed by atoms with Crippen LogP contribution < -0.4 is 16.6 Å². The van der Waals surface area contributed by atoms with E-state index in [1.807, 2.05) is 5.43 Å². The molecule has 4 aliphatic rings. The molecule has 2 amide bonds. The van der Waals surface area contributed by atoms with E-state index in [0.717, 1.165) is 25.3 Å². The molecule has 4 saturated carbocycles. The number of non-ortho nitro benzene ring substituents is 1. The molecule has 0 spiro atoms. The third-order valence-corrected chi connectivity index (χ3v) is 6.36. The summed E-state index contributed by atoms with van der Waals surface area (Å²) in [6.45, 7) is 0. The average Bonchev–Trinajstić information content (AvgIpc) is 2.60. The maximum atomic E-state index is 13.1. The molecule has 8 nitrogen and oxygen atoms in total. The normalized spacial score (nSPS) is 31.5. The molecule has 8 heteroatoms. The molecule has 0 radical (unpaired) electrons. The molecule has 0 saturated heterocycles. The number of carbonyl (C=O) groups is 2. The summed E-state index contributed by atoms with van der Waals surface area (Å²) in [5.74, 6) is 6.31. The van der Waals surface area contributed by atoms with Gasteiger partial charge in [0.2, 0.25) is 5.91 Å². The van der Waals surface area contributed by atoms with Crippen LogP contribution in [0.15, 0.2) is 18.2 Å². The zero-order chi connectivity index (χ0) is 18.5. The van der Waals surface area contributed by atoms with E-state index in [2.05, 4.69) is 5.32 Å². The van der Waals surface area contributed by atoms with Crippen LogP contribution in [0.1, 0.15) is 48.9 Å². The first-order valence-electron chi connectivity index (χ1n) is 9.01. The summed E-state index contributed by atoms with van der Waals surface area (Å²) < 4.78 is 0. The van der Waals surface area contributed by atoms with Gasteiger partial charge in [0, 0.05) is 12.1 Å². The molecule has 26 heavy (non-hydrogen) atoms. The summed E-state index contributed by atoms with van der Waals surface area (Å²) in [4.78, 5) is 35.6. The molecule has 5 rings (SSSR count). The predicted molar refractivity (Wildman–Crippen MR) is 94.0 cm³/mol. The topological polar surface area (TPSA) is 127 Å². The van der Waals surface area contributed by atoms with Gasteiger partial charge in [-0.1, -0.05) is 0 Å². The maximum absolute atomic E-state index is 13.1. The molecule has 4 N–H and O–H groups in total. The third-order valence-electron chi connectivity index (χ3n) is 6.36. The number of rotatable bonds is 4. The highest BCUT2D eigenvalue weighted by atomic mass is 16.6. The Bertz CT molecular complexity index is 756. The van der Waals surface area contributed by atoms with Crippen molar-refractivity contribution in [2.24, 2.45) is 29.0 Å². The van der Waals surface area contributed by atoms with Crippen molar-refractivity contribution >= 4 is 23.2 Å². The Balaban J connectivity index is 1.62. The van der Waals surface area contributed by atoms with Gasteiger partial charge in [0.15, 0.2) is 0 Å². The number of nitro benzene ring substituents is 1. The van der Waals surface area contributed by atoms with Gasteiger partial charge in [-0.3, -0.25) is 25.1 Å². The van der Waals surface area contributed by atoms with Crippen molar-refractivity contribution < 1.29 is 14.5 Å². The minimum atomic E-state index is -0.672. The molecule has 0 aliphatic heterocycles. The molecule has 4 bridgehead atoms. The lowest BCUT2D eigenvalue weighted by molar-refractivity contribution is -0.384. The number of hydrogen-bond acceptors (Lipinski definition) is 5. The van der Waals surface area contributed by atoms with Gasteiger partial charge in [-0.2, -0.15) is 0 Å². The minimum absolute atomic E-state index is 0.000205. The number of carbonyl (C=O) groups excluding carboxylic acids is 2. The lowest BCUT2D eigenvalue weighted by Gasteiger charge is -2.55. The fraction of sp³-hybridized carbons (Fsp3) is 0.556. The molecule has 1 aromatic rings. The zero-order valence-corrected chi connectivity index (χ0v) is 14.4. The second kappa shape index (κ2) is 6.05. The Hall–Kier alpha value is -2.48. The Morgan fingerprint density at radius 2 is 1.69 bits per heavy atom. The van der Waals surface area contributed by atoms with Crippen LogP contribution in [0.4, 0.5) is 11.4 Å². The molecule has 138 valence electrons. The molecule has 0 unspecified atom stereocenters. The number of hydrogen-bond donors (Lipinski definition) is 3. The maximum Gasteiger partial charge on any atom is 0.270 e. The number of nitrogens with one attached hydrogen (secondary N) is 2. The largest absolute Gasteiger partial charge is 0.325 e. The number of nitrogen functional groups attached to an aromatic ring is 1. The number of nitro groups is 1. The number of nitrogens with zero attached hydrogens (tertiary/aromatic N) is 1. The summed E-state index contributed by atoms with van der Waals surface area (Å²) in [7, 11) is 0. The lowest BCUT2D eigenvalue weighted by atomic mass is 9.49. The van der Waals surface area contributed by atoms with Crippen molar-refractivity contribution in [1.82, 2.24) is 5.43 Å². The van der Waals surface area contributed by atoms with Crippen LogP contribution in [-0.4, -0.2) is 16.7 Å². The van der Waals surface area contributed by atoms with E-state index in [9.17, 15) is 19.7 Å². The van der Waals surface area contributed by atoms with Crippen LogP contribution >= 0.6 is 0 Å². The van der Waals surface area contributed by atoms with E-state index in [0.29, 0.717) is 17.8 Å². The first-order chi connectivity index (χ1) is 12.4. The highest BCUT2D eigenvalue weighted by Gasteiger charge is 2.54. The fourth-order valence-corrected chi connectivity index (χ4v) is 5.66. The zero-order valence-electron chi connectivity index (χ0n) is 14.4. The van der Waals surface area contributed by atoms with Gasteiger partial charge in [-0.15, -0.1) is 0 Å². The van der Waals surface area contributed by atoms with E-state index in [1.54, 1.807) is 0 Å². The summed E-state index contributed by atoms with van der Waals surface area (Å²) in [6, 6.07) is 3.82. The SMILES string of the molecule is NNC(=O)c1cc([N+](=O)[O-])ccc1NC(=O)C12CC3CC(CC(C3)C1)C2. The van der Waals surface area contributed by atoms with Crippen molar-refractivity contribution in [3.05, 3.63) is 33.9 Å². The number of nitrogens with two attached hydrogens (primary N) is 1. The van der Waals surface area contributed by atoms with Gasteiger partial charge in [0.05, 0.1) is 21.6 Å². The van der Waals surface area contributed by atoms with Crippen molar-refractivity contribution in [1.29, 1.82) is 0 Å². The van der Waals surface area contributed by atoms with Gasteiger partial charge in [0.1, 0.15) is 0 Å². The third kappa shape index (κ3) is 2.74. The van der Waals surface area contributed by atoms with E-state index in [-0.39, 0.29) is 28.3 Å². The smallest absolute Gasteiger partial charge is 0.270 e. The van der Waals surface area contributed by atoms with Gasteiger partial charge >= 0.3 is 0 Å². The number of benzene rings is 1. The van der Waals surface area contributed by atoms with Crippen LogP contribution in [0.3, 0.4) is 0 Å². The van der Waals surface area contributed by atoms with Gasteiger partial charge in [-0.05, 0) is 62.3 Å². The summed E-state index contributed by atoms with van der Waals surface area (Å²) >= 11 is 0. The second-order valence-electron chi connectivity index (χ2n) is 8.11. The van der Waals surface area contributed by atoms with E-state index >= 15 is 0 Å². The average molecular weight is 358 g/mol. The molecular weight excluding hydrogens is 336 g/mol. The van der Waals surface area contributed by atoms with Crippen LogP contribution in [0, 0.1) is 33.3 Å². The van der Waals surface area contributed by atoms with Crippen LogP contribution in [0.5, 0.6) is 0 Å². The Kier molecular flexibility index (Phi) is 3.95. The monoisotopic (exact) mass is 358 g/mol. The Morgan fingerprint density at radius 1 is 1.12 bits per heavy atom. The predicted octanol–water partition coefficient (Wildman–Crippen LogP) is 2.35. The quantitative estimate of drug-likeness (QED) is 0.329. The molecular formula is C18H22N4O4. The van der Waals surface area contributed by atoms with Gasteiger partial charge < -0.3 is 5.32 Å². The van der Waals surface area contributed by atoms with Crippen molar-refractivity contribution in [3.63, 3.8) is 0 Å². The summed E-state index contributed by atoms with van der Waals surface area (Å²) in [6.07, 6.45) is 6.38. The highest BCUT2D eigenvalue weighted by Crippen LogP contribution is 2.60.